The predicted molar refractivity (Wildman–Crippen MR) is 47.4 cm³/mol. The molecule has 12 heavy (non-hydrogen) atoms. The lowest BCUT2D eigenvalue weighted by Crippen LogP contribution is -2.05. The lowest BCUT2D eigenvalue weighted by atomic mass is 10.1. The van der Waals surface area contributed by atoms with E-state index in [0.29, 0.717) is 11.5 Å². The number of hydrogen-bond donors (Lipinski definition) is 0. The van der Waals surface area contributed by atoms with Crippen molar-refractivity contribution in [2.24, 2.45) is 0 Å². The molecule has 0 bridgehead atoms. The Balaban J connectivity index is 3.16. The number of aryl methyl sites for hydroxylation is 1. The van der Waals surface area contributed by atoms with Gasteiger partial charge in [-0.05, 0) is 12.8 Å². The summed E-state index contributed by atoms with van der Waals surface area (Å²) in [5.41, 5.74) is 1.75. The second kappa shape index (κ2) is 3.52. The Kier molecular flexibility index (Phi) is 2.63. The molecule has 0 spiro atoms. The molecule has 1 heterocycles. The van der Waals surface area contributed by atoms with Crippen LogP contribution < -0.4 is 0 Å². The lowest BCUT2D eigenvalue weighted by Gasteiger charge is -2.08. The van der Waals surface area contributed by atoms with E-state index in [1.54, 1.807) is 6.20 Å². The second-order valence-electron chi connectivity index (χ2n) is 3.07. The van der Waals surface area contributed by atoms with E-state index in [-0.39, 0.29) is 0 Å². The molecule has 0 aromatic carbocycles. The van der Waals surface area contributed by atoms with Gasteiger partial charge in [-0.1, -0.05) is 13.8 Å². The molecule has 0 saturated carbocycles. The minimum absolute atomic E-state index is 0.354. The van der Waals surface area contributed by atoms with Gasteiger partial charge < -0.3 is 0 Å². The van der Waals surface area contributed by atoms with E-state index in [4.69, 9.17) is 0 Å². The molecule has 0 unspecified atom stereocenters. The predicted octanol–water partition coefficient (Wildman–Crippen LogP) is 1.84. The van der Waals surface area contributed by atoms with Gasteiger partial charge in [0.2, 0.25) is 0 Å². The molecule has 0 amide bonds. The fourth-order valence-corrected chi connectivity index (χ4v) is 1.38. The van der Waals surface area contributed by atoms with Crippen LogP contribution in [0.2, 0.25) is 0 Å². The lowest BCUT2D eigenvalue weighted by molar-refractivity contribution is 0.112. The van der Waals surface area contributed by atoms with E-state index in [1.165, 1.54) is 0 Å². The normalized spacial score (nSPS) is 10.7. The van der Waals surface area contributed by atoms with E-state index < -0.39 is 0 Å². The first kappa shape index (κ1) is 8.97. The molecule has 1 rings (SSSR count). The first-order valence-corrected chi connectivity index (χ1v) is 4.21. The van der Waals surface area contributed by atoms with E-state index in [9.17, 15) is 4.79 Å². The van der Waals surface area contributed by atoms with Gasteiger partial charge in [-0.2, -0.15) is 5.10 Å². The average Bonchev–Trinajstić information content (AvgIpc) is 2.46. The molecule has 0 radical (unpaired) electrons. The highest BCUT2D eigenvalue weighted by molar-refractivity contribution is 5.76. The SMILES string of the molecule is CCn1ncc(C=O)c1C(C)C. The maximum absolute atomic E-state index is 10.6. The summed E-state index contributed by atoms with van der Waals surface area (Å²) in [6, 6.07) is 0. The molecule has 0 atom stereocenters. The fraction of sp³-hybridized carbons (Fsp3) is 0.556. The largest absolute Gasteiger partial charge is 0.298 e. The van der Waals surface area contributed by atoms with Crippen molar-refractivity contribution in [2.45, 2.75) is 33.2 Å². The number of aromatic nitrogens is 2. The number of hydrogen-bond acceptors (Lipinski definition) is 2. The Morgan fingerprint density at radius 3 is 2.75 bits per heavy atom. The summed E-state index contributed by atoms with van der Waals surface area (Å²) in [7, 11) is 0. The van der Waals surface area contributed by atoms with Gasteiger partial charge in [0.15, 0.2) is 6.29 Å². The van der Waals surface area contributed by atoms with Crippen molar-refractivity contribution in [1.82, 2.24) is 9.78 Å². The van der Waals surface area contributed by atoms with Gasteiger partial charge in [0.25, 0.3) is 0 Å². The Morgan fingerprint density at radius 2 is 2.33 bits per heavy atom. The van der Waals surface area contributed by atoms with Crippen LogP contribution in [0.4, 0.5) is 0 Å². The monoisotopic (exact) mass is 166 g/mol. The van der Waals surface area contributed by atoms with E-state index in [1.807, 2.05) is 11.6 Å². The van der Waals surface area contributed by atoms with Crippen LogP contribution >= 0.6 is 0 Å². The molecule has 3 nitrogen and oxygen atoms in total. The summed E-state index contributed by atoms with van der Waals surface area (Å²) in [4.78, 5) is 10.6. The molecule has 1 aromatic rings. The van der Waals surface area contributed by atoms with Crippen LogP contribution in [0.5, 0.6) is 0 Å². The fourth-order valence-electron chi connectivity index (χ4n) is 1.38. The summed E-state index contributed by atoms with van der Waals surface area (Å²) in [5, 5.41) is 4.11. The van der Waals surface area contributed by atoms with Gasteiger partial charge in [-0.15, -0.1) is 0 Å². The van der Waals surface area contributed by atoms with Crippen molar-refractivity contribution >= 4 is 6.29 Å². The van der Waals surface area contributed by atoms with Crippen LogP contribution in [0.25, 0.3) is 0 Å². The Labute approximate surface area is 72.4 Å². The Bertz CT molecular complexity index is 276. The van der Waals surface area contributed by atoms with E-state index in [2.05, 4.69) is 18.9 Å². The molecule has 1 aromatic heterocycles. The van der Waals surface area contributed by atoms with Gasteiger partial charge in [-0.3, -0.25) is 9.48 Å². The smallest absolute Gasteiger partial charge is 0.153 e. The first-order chi connectivity index (χ1) is 5.70. The van der Waals surface area contributed by atoms with Gasteiger partial charge in [0, 0.05) is 6.54 Å². The minimum Gasteiger partial charge on any atom is -0.298 e. The number of aldehydes is 1. The molecular weight excluding hydrogens is 152 g/mol. The maximum Gasteiger partial charge on any atom is 0.153 e. The summed E-state index contributed by atoms with van der Waals surface area (Å²) < 4.78 is 1.87. The number of carbonyl (C=O) groups excluding carboxylic acids is 1. The minimum atomic E-state index is 0.354. The molecule has 0 saturated heterocycles. The first-order valence-electron chi connectivity index (χ1n) is 4.21. The van der Waals surface area contributed by atoms with Crippen molar-refractivity contribution in [2.75, 3.05) is 0 Å². The van der Waals surface area contributed by atoms with E-state index in [0.717, 1.165) is 18.5 Å². The number of nitrogens with zero attached hydrogens (tertiary/aromatic N) is 2. The van der Waals surface area contributed by atoms with Crippen molar-refractivity contribution in [3.63, 3.8) is 0 Å². The highest BCUT2D eigenvalue weighted by Gasteiger charge is 2.11. The Morgan fingerprint density at radius 1 is 1.67 bits per heavy atom. The molecule has 3 heteroatoms. The average molecular weight is 166 g/mol. The summed E-state index contributed by atoms with van der Waals surface area (Å²) in [6.07, 6.45) is 2.50. The van der Waals surface area contributed by atoms with Crippen LogP contribution in [-0.2, 0) is 6.54 Å². The molecule has 0 aliphatic rings. The van der Waals surface area contributed by atoms with Crippen LogP contribution in [0.15, 0.2) is 6.20 Å². The highest BCUT2D eigenvalue weighted by Crippen LogP contribution is 2.17. The standard InChI is InChI=1S/C9H14N2O/c1-4-11-9(7(2)3)8(6-12)5-10-11/h5-7H,4H2,1-3H3. The van der Waals surface area contributed by atoms with Crippen molar-refractivity contribution in [1.29, 1.82) is 0 Å². The van der Waals surface area contributed by atoms with Gasteiger partial charge in [0.05, 0.1) is 17.5 Å². The van der Waals surface area contributed by atoms with Gasteiger partial charge in [-0.25, -0.2) is 0 Å². The van der Waals surface area contributed by atoms with Gasteiger partial charge >= 0.3 is 0 Å². The molecular formula is C9H14N2O. The quantitative estimate of drug-likeness (QED) is 0.642. The van der Waals surface area contributed by atoms with Crippen molar-refractivity contribution < 1.29 is 4.79 Å². The molecule has 0 fully saturated rings. The molecule has 0 aliphatic heterocycles. The molecule has 0 aliphatic carbocycles. The third-order valence-electron chi connectivity index (χ3n) is 1.88. The zero-order chi connectivity index (χ0) is 9.14. The van der Waals surface area contributed by atoms with Crippen molar-refractivity contribution in [3.05, 3.63) is 17.5 Å². The van der Waals surface area contributed by atoms with Crippen LogP contribution in [-0.4, -0.2) is 16.1 Å². The maximum atomic E-state index is 10.6. The zero-order valence-electron chi connectivity index (χ0n) is 7.74. The molecule has 66 valence electrons. The Hall–Kier alpha value is -1.12. The van der Waals surface area contributed by atoms with Crippen LogP contribution in [0.1, 0.15) is 42.7 Å². The highest BCUT2D eigenvalue weighted by atomic mass is 16.1. The number of rotatable bonds is 3. The second-order valence-corrected chi connectivity index (χ2v) is 3.07. The van der Waals surface area contributed by atoms with Crippen LogP contribution in [0, 0.1) is 0 Å². The van der Waals surface area contributed by atoms with Crippen LogP contribution in [0.3, 0.4) is 0 Å². The van der Waals surface area contributed by atoms with Crippen molar-refractivity contribution in [3.8, 4) is 0 Å². The third-order valence-corrected chi connectivity index (χ3v) is 1.88. The van der Waals surface area contributed by atoms with Gasteiger partial charge in [0.1, 0.15) is 0 Å². The summed E-state index contributed by atoms with van der Waals surface area (Å²) in [5.74, 6) is 0.354. The summed E-state index contributed by atoms with van der Waals surface area (Å²) in [6.45, 7) is 6.97. The van der Waals surface area contributed by atoms with E-state index >= 15 is 0 Å². The zero-order valence-corrected chi connectivity index (χ0v) is 7.74. The topological polar surface area (TPSA) is 34.9 Å². The third kappa shape index (κ3) is 1.40. The summed E-state index contributed by atoms with van der Waals surface area (Å²) >= 11 is 0. The molecule has 0 N–H and O–H groups in total. The number of carbonyl (C=O) groups is 1.